The molecule has 3 N–H and O–H groups in total. The Balaban J connectivity index is 1.99. The third-order valence-corrected chi connectivity index (χ3v) is 3.57. The second-order valence-electron chi connectivity index (χ2n) is 4.77. The molecule has 0 unspecified atom stereocenters. The molecular weight excluding hydrogens is 304 g/mol. The maximum absolute atomic E-state index is 10.2. The van der Waals surface area contributed by atoms with Crippen LogP contribution in [-0.4, -0.2) is 20.4 Å². The Morgan fingerprint density at radius 1 is 1.09 bits per heavy atom. The molecule has 0 aliphatic heterocycles. The Labute approximate surface area is 131 Å². The number of aromatic hydroxyl groups is 2. The van der Waals surface area contributed by atoms with Crippen molar-refractivity contribution in [3.63, 3.8) is 0 Å². The van der Waals surface area contributed by atoms with E-state index >= 15 is 0 Å². The number of halogens is 1. The molecule has 3 aromatic rings. The molecule has 0 saturated heterocycles. The monoisotopic (exact) mass is 316 g/mol. The van der Waals surface area contributed by atoms with Crippen molar-refractivity contribution in [2.45, 2.75) is 6.92 Å². The Morgan fingerprint density at radius 2 is 1.82 bits per heavy atom. The smallest absolute Gasteiger partial charge is 0.173 e. The van der Waals surface area contributed by atoms with Crippen LogP contribution in [0.3, 0.4) is 0 Å². The van der Waals surface area contributed by atoms with Gasteiger partial charge < -0.3 is 14.9 Å². The lowest BCUT2D eigenvalue weighted by Crippen LogP contribution is -1.88. The lowest BCUT2D eigenvalue weighted by molar-refractivity contribution is 0.443. The summed E-state index contributed by atoms with van der Waals surface area (Å²) in [5, 5.41) is 27.2. The number of H-pyrrole nitrogens is 1. The van der Waals surface area contributed by atoms with Crippen LogP contribution in [0.5, 0.6) is 23.0 Å². The first kappa shape index (κ1) is 14.3. The molecule has 0 spiro atoms. The molecule has 0 fully saturated rings. The van der Waals surface area contributed by atoms with Crippen molar-refractivity contribution in [2.75, 3.05) is 0 Å². The van der Waals surface area contributed by atoms with Crippen LogP contribution in [0.2, 0.25) is 5.02 Å². The zero-order valence-electron chi connectivity index (χ0n) is 11.7. The summed E-state index contributed by atoms with van der Waals surface area (Å²) in [6.45, 7) is 1.63. The van der Waals surface area contributed by atoms with E-state index in [1.807, 2.05) is 0 Å². The van der Waals surface area contributed by atoms with Crippen molar-refractivity contribution >= 4 is 11.6 Å². The molecule has 5 nitrogen and oxygen atoms in total. The number of hydrogen-bond donors (Lipinski definition) is 3. The van der Waals surface area contributed by atoms with Gasteiger partial charge in [0.2, 0.25) is 0 Å². The summed E-state index contributed by atoms with van der Waals surface area (Å²) in [6.07, 6.45) is 1.52. The molecule has 0 radical (unpaired) electrons. The zero-order valence-corrected chi connectivity index (χ0v) is 12.4. The highest BCUT2D eigenvalue weighted by atomic mass is 35.5. The fourth-order valence-electron chi connectivity index (χ4n) is 2.07. The highest BCUT2D eigenvalue weighted by Crippen LogP contribution is 2.40. The van der Waals surface area contributed by atoms with E-state index in [0.717, 1.165) is 0 Å². The van der Waals surface area contributed by atoms with Crippen molar-refractivity contribution in [3.8, 4) is 34.3 Å². The highest BCUT2D eigenvalue weighted by molar-refractivity contribution is 6.30. The van der Waals surface area contributed by atoms with Gasteiger partial charge in [-0.05, 0) is 43.3 Å². The number of phenols is 2. The van der Waals surface area contributed by atoms with E-state index in [1.165, 1.54) is 12.3 Å². The summed E-state index contributed by atoms with van der Waals surface area (Å²) >= 11 is 5.84. The molecule has 22 heavy (non-hydrogen) atoms. The molecule has 0 saturated carbocycles. The third-order valence-electron chi connectivity index (χ3n) is 3.32. The molecule has 0 amide bonds. The average molecular weight is 317 g/mol. The minimum absolute atomic E-state index is 0.0230. The number of nitrogens with zero attached hydrogens (tertiary/aromatic N) is 1. The zero-order chi connectivity index (χ0) is 15.7. The lowest BCUT2D eigenvalue weighted by Gasteiger charge is -2.10. The first-order chi connectivity index (χ1) is 10.6. The topological polar surface area (TPSA) is 78.4 Å². The van der Waals surface area contributed by atoms with Crippen molar-refractivity contribution in [1.82, 2.24) is 10.2 Å². The molecule has 112 valence electrons. The summed E-state index contributed by atoms with van der Waals surface area (Å²) in [5.74, 6) is 1.07. The van der Waals surface area contributed by atoms with Gasteiger partial charge in [0.1, 0.15) is 22.9 Å². The normalized spacial score (nSPS) is 10.6. The quantitative estimate of drug-likeness (QED) is 0.675. The predicted molar refractivity (Wildman–Crippen MR) is 83.6 cm³/mol. The summed E-state index contributed by atoms with van der Waals surface area (Å²) < 4.78 is 5.76. The van der Waals surface area contributed by atoms with E-state index in [4.69, 9.17) is 16.3 Å². The van der Waals surface area contributed by atoms with Gasteiger partial charge in [-0.15, -0.1) is 0 Å². The second-order valence-corrected chi connectivity index (χ2v) is 5.21. The van der Waals surface area contributed by atoms with Crippen LogP contribution in [0.4, 0.5) is 0 Å². The van der Waals surface area contributed by atoms with Gasteiger partial charge >= 0.3 is 0 Å². The Bertz CT molecular complexity index is 813. The van der Waals surface area contributed by atoms with Gasteiger partial charge in [-0.2, -0.15) is 5.10 Å². The van der Waals surface area contributed by atoms with Gasteiger partial charge in [0.15, 0.2) is 5.75 Å². The summed E-state index contributed by atoms with van der Waals surface area (Å²) in [4.78, 5) is 0. The van der Waals surface area contributed by atoms with Crippen molar-refractivity contribution < 1.29 is 14.9 Å². The molecule has 6 heteroatoms. The van der Waals surface area contributed by atoms with Gasteiger partial charge in [-0.25, -0.2) is 0 Å². The summed E-state index contributed by atoms with van der Waals surface area (Å²) in [6, 6.07) is 10.0. The largest absolute Gasteiger partial charge is 0.508 e. The fourth-order valence-corrected chi connectivity index (χ4v) is 2.19. The molecule has 0 aliphatic rings. The maximum Gasteiger partial charge on any atom is 0.173 e. The first-order valence-electron chi connectivity index (χ1n) is 6.55. The van der Waals surface area contributed by atoms with Crippen LogP contribution in [0.25, 0.3) is 11.3 Å². The number of ether oxygens (including phenoxy) is 1. The Hall–Kier alpha value is -2.66. The van der Waals surface area contributed by atoms with E-state index in [-0.39, 0.29) is 11.5 Å². The standard InChI is InChI=1S/C16H13ClN2O3/c1-9-13(20)7-6-12(16(9)21)15-14(8-18-19-15)22-11-4-2-10(17)3-5-11/h2-8,20-21H,1H3,(H,18,19). The fraction of sp³-hybridized carbons (Fsp3) is 0.0625. The Kier molecular flexibility index (Phi) is 3.65. The average Bonchev–Trinajstić information content (AvgIpc) is 2.95. The van der Waals surface area contributed by atoms with Crippen LogP contribution in [0.1, 0.15) is 5.56 Å². The third kappa shape index (κ3) is 2.58. The SMILES string of the molecule is Cc1c(O)ccc(-c2[nH]ncc2Oc2ccc(Cl)cc2)c1O. The highest BCUT2D eigenvalue weighted by Gasteiger charge is 2.16. The van der Waals surface area contributed by atoms with Gasteiger partial charge in [0.25, 0.3) is 0 Å². The molecule has 1 heterocycles. The van der Waals surface area contributed by atoms with E-state index in [0.29, 0.717) is 33.3 Å². The number of benzene rings is 2. The number of phenolic OH excluding ortho intramolecular Hbond substituents is 2. The molecule has 0 bridgehead atoms. The van der Waals surface area contributed by atoms with Crippen molar-refractivity contribution in [1.29, 1.82) is 0 Å². The van der Waals surface area contributed by atoms with Crippen LogP contribution in [0, 0.1) is 6.92 Å². The second kappa shape index (κ2) is 5.61. The van der Waals surface area contributed by atoms with Crippen LogP contribution in [0.15, 0.2) is 42.6 Å². The van der Waals surface area contributed by atoms with Crippen LogP contribution in [-0.2, 0) is 0 Å². The molecule has 0 atom stereocenters. The number of aromatic nitrogens is 2. The molecule has 1 aromatic heterocycles. The van der Waals surface area contributed by atoms with E-state index < -0.39 is 0 Å². The molecular formula is C16H13ClN2O3. The van der Waals surface area contributed by atoms with E-state index in [1.54, 1.807) is 37.3 Å². The van der Waals surface area contributed by atoms with Gasteiger partial charge in [-0.1, -0.05) is 11.6 Å². The Morgan fingerprint density at radius 3 is 2.55 bits per heavy atom. The van der Waals surface area contributed by atoms with Crippen LogP contribution < -0.4 is 4.74 Å². The van der Waals surface area contributed by atoms with Crippen molar-refractivity contribution in [2.24, 2.45) is 0 Å². The van der Waals surface area contributed by atoms with E-state index in [9.17, 15) is 10.2 Å². The number of hydrogen-bond acceptors (Lipinski definition) is 4. The van der Waals surface area contributed by atoms with E-state index in [2.05, 4.69) is 10.2 Å². The molecule has 0 aliphatic carbocycles. The number of rotatable bonds is 3. The predicted octanol–water partition coefficient (Wildman–Crippen LogP) is 4.24. The number of nitrogens with one attached hydrogen (secondary N) is 1. The van der Waals surface area contributed by atoms with Gasteiger partial charge in [0.05, 0.1) is 6.20 Å². The van der Waals surface area contributed by atoms with Gasteiger partial charge in [0, 0.05) is 16.1 Å². The first-order valence-corrected chi connectivity index (χ1v) is 6.92. The number of aromatic amines is 1. The molecule has 3 rings (SSSR count). The summed E-state index contributed by atoms with van der Waals surface area (Å²) in [5.41, 5.74) is 1.41. The van der Waals surface area contributed by atoms with Crippen LogP contribution >= 0.6 is 11.6 Å². The summed E-state index contributed by atoms with van der Waals surface area (Å²) in [7, 11) is 0. The van der Waals surface area contributed by atoms with Crippen molar-refractivity contribution in [3.05, 3.63) is 53.2 Å². The lowest BCUT2D eigenvalue weighted by atomic mass is 10.1. The minimum atomic E-state index is -0.0230. The molecule has 2 aromatic carbocycles. The maximum atomic E-state index is 10.2. The minimum Gasteiger partial charge on any atom is -0.508 e. The van der Waals surface area contributed by atoms with Gasteiger partial charge in [-0.3, -0.25) is 5.10 Å².